The van der Waals surface area contributed by atoms with Crippen molar-refractivity contribution >= 4 is 29.2 Å². The summed E-state index contributed by atoms with van der Waals surface area (Å²) in [6, 6.07) is 14.5. The molecule has 1 amide bonds. The van der Waals surface area contributed by atoms with Crippen LogP contribution >= 0.6 is 11.6 Å². The number of halogens is 1. The van der Waals surface area contributed by atoms with Crippen molar-refractivity contribution in [2.75, 3.05) is 11.9 Å². The van der Waals surface area contributed by atoms with Gasteiger partial charge in [0.1, 0.15) is 0 Å². The second-order valence-corrected chi connectivity index (χ2v) is 6.04. The first-order valence-electron chi connectivity index (χ1n) is 7.82. The number of amides is 1. The Morgan fingerprint density at radius 1 is 1.04 bits per heavy atom. The minimum Gasteiger partial charge on any atom is -0.481 e. The van der Waals surface area contributed by atoms with Crippen molar-refractivity contribution < 1.29 is 14.7 Å². The van der Waals surface area contributed by atoms with Gasteiger partial charge in [-0.05, 0) is 55.2 Å². The summed E-state index contributed by atoms with van der Waals surface area (Å²) >= 11 is 5.86. The standard InChI is InChI=1S/C19H20ClNO3/c1-21(19(24)15-10-12-16(20)13-11-15)17-8-4-2-6-14(17)7-3-5-9-18(22)23/h2,4,6,8,10-13H,3,5,7,9H2,1H3,(H,22,23). The lowest BCUT2D eigenvalue weighted by Gasteiger charge is -2.21. The molecule has 0 saturated heterocycles. The molecule has 4 nitrogen and oxygen atoms in total. The predicted molar refractivity (Wildman–Crippen MR) is 95.8 cm³/mol. The van der Waals surface area contributed by atoms with E-state index in [1.165, 1.54) is 0 Å². The third-order valence-electron chi connectivity index (χ3n) is 3.84. The van der Waals surface area contributed by atoms with Crippen molar-refractivity contribution in [1.82, 2.24) is 0 Å². The molecule has 0 heterocycles. The van der Waals surface area contributed by atoms with E-state index in [0.717, 1.165) is 24.1 Å². The van der Waals surface area contributed by atoms with Crippen LogP contribution < -0.4 is 4.90 Å². The van der Waals surface area contributed by atoms with Crippen LogP contribution in [0.5, 0.6) is 0 Å². The van der Waals surface area contributed by atoms with Crippen LogP contribution in [0.25, 0.3) is 0 Å². The van der Waals surface area contributed by atoms with E-state index in [4.69, 9.17) is 16.7 Å². The number of carbonyl (C=O) groups is 2. The smallest absolute Gasteiger partial charge is 0.303 e. The highest BCUT2D eigenvalue weighted by Crippen LogP contribution is 2.23. The van der Waals surface area contributed by atoms with Gasteiger partial charge in [-0.15, -0.1) is 0 Å². The van der Waals surface area contributed by atoms with E-state index in [-0.39, 0.29) is 12.3 Å². The Labute approximate surface area is 146 Å². The maximum atomic E-state index is 12.6. The molecule has 0 saturated carbocycles. The van der Waals surface area contributed by atoms with Gasteiger partial charge in [0.05, 0.1) is 0 Å². The zero-order valence-electron chi connectivity index (χ0n) is 13.5. The van der Waals surface area contributed by atoms with E-state index in [2.05, 4.69) is 0 Å². The van der Waals surface area contributed by atoms with Crippen LogP contribution in [-0.2, 0) is 11.2 Å². The summed E-state index contributed by atoms with van der Waals surface area (Å²) in [7, 11) is 1.74. The van der Waals surface area contributed by atoms with E-state index in [9.17, 15) is 9.59 Å². The number of carboxylic acids is 1. The fourth-order valence-corrected chi connectivity index (χ4v) is 2.66. The molecule has 2 aromatic carbocycles. The van der Waals surface area contributed by atoms with Gasteiger partial charge in [-0.25, -0.2) is 0 Å². The van der Waals surface area contributed by atoms with E-state index in [1.807, 2.05) is 24.3 Å². The first-order chi connectivity index (χ1) is 11.5. The molecule has 2 rings (SSSR count). The minimum absolute atomic E-state index is 0.107. The van der Waals surface area contributed by atoms with Crippen LogP contribution in [0.3, 0.4) is 0 Å². The molecule has 0 fully saturated rings. The van der Waals surface area contributed by atoms with Crippen molar-refractivity contribution in [3.63, 3.8) is 0 Å². The predicted octanol–water partition coefficient (Wildman–Crippen LogP) is 4.41. The molecule has 0 aliphatic rings. The number of aryl methyl sites for hydroxylation is 1. The second-order valence-electron chi connectivity index (χ2n) is 5.60. The monoisotopic (exact) mass is 345 g/mol. The fraction of sp³-hybridized carbons (Fsp3) is 0.263. The molecular weight excluding hydrogens is 326 g/mol. The molecule has 0 aliphatic carbocycles. The molecule has 0 aromatic heterocycles. The summed E-state index contributed by atoms with van der Waals surface area (Å²) in [5.74, 6) is -0.886. The lowest BCUT2D eigenvalue weighted by Crippen LogP contribution is -2.27. The lowest BCUT2D eigenvalue weighted by molar-refractivity contribution is -0.137. The van der Waals surface area contributed by atoms with Crippen LogP contribution in [0.2, 0.25) is 5.02 Å². The van der Waals surface area contributed by atoms with Gasteiger partial charge in [0, 0.05) is 29.7 Å². The highest BCUT2D eigenvalue weighted by molar-refractivity contribution is 6.30. The maximum absolute atomic E-state index is 12.6. The quantitative estimate of drug-likeness (QED) is 0.756. The summed E-state index contributed by atoms with van der Waals surface area (Å²) in [5.41, 5.74) is 2.45. The number of hydrogen-bond donors (Lipinski definition) is 1. The number of para-hydroxylation sites is 1. The number of carboxylic acid groups (broad SMARTS) is 1. The number of rotatable bonds is 7. The molecule has 2 aromatic rings. The second kappa shape index (κ2) is 8.50. The highest BCUT2D eigenvalue weighted by atomic mass is 35.5. The van der Waals surface area contributed by atoms with Gasteiger partial charge >= 0.3 is 5.97 Å². The molecule has 5 heteroatoms. The number of anilines is 1. The minimum atomic E-state index is -0.779. The molecule has 0 radical (unpaired) electrons. The number of hydrogen-bond acceptors (Lipinski definition) is 2. The molecule has 1 N–H and O–H groups in total. The highest BCUT2D eigenvalue weighted by Gasteiger charge is 2.16. The Bertz CT molecular complexity index is 713. The molecule has 0 spiro atoms. The van der Waals surface area contributed by atoms with Crippen LogP contribution in [0, 0.1) is 0 Å². The number of aliphatic carboxylic acids is 1. The van der Waals surface area contributed by atoms with Crippen molar-refractivity contribution in [3.8, 4) is 0 Å². The van der Waals surface area contributed by atoms with Gasteiger partial charge in [-0.3, -0.25) is 9.59 Å². The lowest BCUT2D eigenvalue weighted by atomic mass is 10.0. The molecule has 126 valence electrons. The van der Waals surface area contributed by atoms with E-state index in [1.54, 1.807) is 36.2 Å². The van der Waals surface area contributed by atoms with Crippen molar-refractivity contribution in [3.05, 3.63) is 64.7 Å². The van der Waals surface area contributed by atoms with Gasteiger partial charge < -0.3 is 10.0 Å². The van der Waals surface area contributed by atoms with Gasteiger partial charge in [0.15, 0.2) is 0 Å². The van der Waals surface area contributed by atoms with Crippen LogP contribution in [0.4, 0.5) is 5.69 Å². The van der Waals surface area contributed by atoms with Gasteiger partial charge in [-0.1, -0.05) is 29.8 Å². The number of unbranched alkanes of at least 4 members (excludes halogenated alkanes) is 1. The average Bonchev–Trinajstić information content (AvgIpc) is 2.58. The average molecular weight is 346 g/mol. The summed E-state index contributed by atoms with van der Waals surface area (Å²) in [6.07, 6.45) is 2.30. The summed E-state index contributed by atoms with van der Waals surface area (Å²) in [6.45, 7) is 0. The number of carbonyl (C=O) groups excluding carboxylic acids is 1. The van der Waals surface area contributed by atoms with E-state index >= 15 is 0 Å². The Morgan fingerprint density at radius 2 is 1.71 bits per heavy atom. The zero-order valence-corrected chi connectivity index (χ0v) is 14.3. The van der Waals surface area contributed by atoms with Crippen molar-refractivity contribution in [1.29, 1.82) is 0 Å². The van der Waals surface area contributed by atoms with Crippen LogP contribution in [0.1, 0.15) is 35.2 Å². The summed E-state index contributed by atoms with van der Waals surface area (Å²) in [5, 5.41) is 9.30. The third-order valence-corrected chi connectivity index (χ3v) is 4.09. The van der Waals surface area contributed by atoms with Gasteiger partial charge in [-0.2, -0.15) is 0 Å². The molecule has 0 atom stereocenters. The molecule has 0 bridgehead atoms. The zero-order chi connectivity index (χ0) is 17.5. The Kier molecular flexibility index (Phi) is 6.38. The van der Waals surface area contributed by atoms with E-state index < -0.39 is 5.97 Å². The summed E-state index contributed by atoms with van der Waals surface area (Å²) < 4.78 is 0. The van der Waals surface area contributed by atoms with Crippen LogP contribution in [-0.4, -0.2) is 24.0 Å². The fourth-order valence-electron chi connectivity index (χ4n) is 2.54. The Balaban J connectivity index is 2.11. The number of benzene rings is 2. The van der Waals surface area contributed by atoms with Crippen molar-refractivity contribution in [2.45, 2.75) is 25.7 Å². The maximum Gasteiger partial charge on any atom is 0.303 e. The first-order valence-corrected chi connectivity index (χ1v) is 8.20. The van der Waals surface area contributed by atoms with Crippen LogP contribution in [0.15, 0.2) is 48.5 Å². The van der Waals surface area contributed by atoms with Crippen molar-refractivity contribution in [2.24, 2.45) is 0 Å². The summed E-state index contributed by atoms with van der Waals surface area (Å²) in [4.78, 5) is 24.8. The normalized spacial score (nSPS) is 10.4. The Hall–Kier alpha value is -2.33. The SMILES string of the molecule is CN(C(=O)c1ccc(Cl)cc1)c1ccccc1CCCCC(=O)O. The largest absolute Gasteiger partial charge is 0.481 e. The molecule has 0 aliphatic heterocycles. The van der Waals surface area contributed by atoms with Gasteiger partial charge in [0.25, 0.3) is 5.91 Å². The third kappa shape index (κ3) is 4.83. The molecular formula is C19H20ClNO3. The van der Waals surface area contributed by atoms with E-state index in [0.29, 0.717) is 17.0 Å². The van der Waals surface area contributed by atoms with Gasteiger partial charge in [0.2, 0.25) is 0 Å². The molecule has 0 unspecified atom stereocenters. The first kappa shape index (κ1) is 18.0. The molecule has 24 heavy (non-hydrogen) atoms. The topological polar surface area (TPSA) is 57.6 Å². The number of nitrogens with zero attached hydrogens (tertiary/aromatic N) is 1. The Morgan fingerprint density at radius 3 is 2.38 bits per heavy atom.